The minimum absolute atomic E-state index is 0.551. The Morgan fingerprint density at radius 1 is 0.571 bits per heavy atom. The zero-order chi connectivity index (χ0) is 26.1. The minimum Gasteiger partial charge on any atom is -0.478 e. The molecular weight excluding hydrogens is 473 g/mol. The van der Waals surface area contributed by atoms with E-state index in [9.17, 15) is 39.6 Å². The first-order valence-electron chi connectivity index (χ1n) is 9.66. The Bertz CT molecular complexity index is 1270. The van der Waals surface area contributed by atoms with Gasteiger partial charge in [-0.15, -0.1) is 0 Å². The number of hydrogen-bond acceptors (Lipinski definition) is 4. The number of rotatable bonds is 7. The van der Waals surface area contributed by atoms with Crippen molar-refractivity contribution in [1.29, 1.82) is 0 Å². The maximum atomic E-state index is 15.2. The summed E-state index contributed by atoms with van der Waals surface area (Å²) in [6, 6.07) is 9.88. The molecule has 11 heteroatoms. The molecule has 0 bridgehead atoms. The van der Waals surface area contributed by atoms with Gasteiger partial charge in [0.2, 0.25) is 0 Å². The molecule has 0 saturated heterocycles. The number of carboxylic acids is 4. The van der Waals surface area contributed by atoms with E-state index < -0.39 is 74.4 Å². The summed E-state index contributed by atoms with van der Waals surface area (Å²) in [4.78, 5) is 46.8. The van der Waals surface area contributed by atoms with Crippen LogP contribution in [0.15, 0.2) is 66.7 Å². The highest BCUT2D eigenvalue weighted by atomic mass is 19.4. The highest BCUT2D eigenvalue weighted by Gasteiger charge is 2.60. The molecule has 0 saturated carbocycles. The number of carbonyl (C=O) groups is 4. The lowest BCUT2D eigenvalue weighted by molar-refractivity contribution is -0.166. The summed E-state index contributed by atoms with van der Waals surface area (Å²) in [6.07, 6.45) is -5.38. The molecule has 180 valence electrons. The summed E-state index contributed by atoms with van der Waals surface area (Å²) in [6.45, 7) is 0. The molecule has 0 fully saturated rings. The number of aromatic carboxylic acids is 4. The van der Waals surface area contributed by atoms with Crippen molar-refractivity contribution in [2.24, 2.45) is 0 Å². The Hall–Kier alpha value is -4.67. The fourth-order valence-corrected chi connectivity index (χ4v) is 3.98. The SMILES string of the molecule is O=C(O)c1ccc(C(c2ccccc2)(c2ccc(C(=O)O)cc2C(=O)O)C(F)(F)F)c(C(=O)O)c1. The van der Waals surface area contributed by atoms with Gasteiger partial charge in [-0.05, 0) is 41.0 Å². The summed E-state index contributed by atoms with van der Waals surface area (Å²) in [5.41, 5.74) is -9.13. The number of alkyl halides is 3. The molecule has 0 aromatic heterocycles. The van der Waals surface area contributed by atoms with Crippen molar-refractivity contribution in [3.05, 3.63) is 106 Å². The summed E-state index contributed by atoms with van der Waals surface area (Å²) >= 11 is 0. The molecule has 0 heterocycles. The smallest absolute Gasteiger partial charge is 0.406 e. The second kappa shape index (κ2) is 8.93. The predicted molar refractivity (Wildman–Crippen MR) is 113 cm³/mol. The molecule has 8 nitrogen and oxygen atoms in total. The fourth-order valence-electron chi connectivity index (χ4n) is 3.98. The number of halogens is 3. The van der Waals surface area contributed by atoms with E-state index >= 15 is 13.2 Å². The van der Waals surface area contributed by atoms with Crippen LogP contribution < -0.4 is 0 Å². The summed E-state index contributed by atoms with van der Waals surface area (Å²) < 4.78 is 45.7. The molecule has 0 spiro atoms. The summed E-state index contributed by atoms with van der Waals surface area (Å²) in [5, 5.41) is 37.9. The van der Waals surface area contributed by atoms with Crippen LogP contribution in [0.3, 0.4) is 0 Å². The van der Waals surface area contributed by atoms with E-state index in [0.29, 0.717) is 24.3 Å². The van der Waals surface area contributed by atoms with Crippen LogP contribution in [0.2, 0.25) is 0 Å². The number of benzene rings is 3. The maximum Gasteiger partial charge on any atom is 0.406 e. The first-order chi connectivity index (χ1) is 16.3. The van der Waals surface area contributed by atoms with Crippen molar-refractivity contribution >= 4 is 23.9 Å². The lowest BCUT2D eigenvalue weighted by Crippen LogP contribution is -2.46. The van der Waals surface area contributed by atoms with Gasteiger partial charge in [0.1, 0.15) is 5.41 Å². The van der Waals surface area contributed by atoms with Gasteiger partial charge in [0.25, 0.3) is 0 Å². The largest absolute Gasteiger partial charge is 0.478 e. The van der Waals surface area contributed by atoms with E-state index in [1.807, 2.05) is 0 Å². The van der Waals surface area contributed by atoms with Crippen molar-refractivity contribution < 1.29 is 52.8 Å². The Morgan fingerprint density at radius 3 is 1.29 bits per heavy atom. The van der Waals surface area contributed by atoms with E-state index in [4.69, 9.17) is 0 Å². The van der Waals surface area contributed by atoms with E-state index in [1.54, 1.807) is 0 Å². The molecule has 0 unspecified atom stereocenters. The van der Waals surface area contributed by atoms with Crippen LogP contribution in [0.1, 0.15) is 58.1 Å². The standard InChI is InChI=1S/C24H15F3O8/c25-24(26,27)23(14-4-2-1-3-5-14,17-8-6-12(19(28)29)10-15(17)21(32)33)18-9-7-13(20(30)31)11-16(18)22(34)35/h1-11H,(H,28,29)(H,30,31)(H,32,33)(H,34,35). The van der Waals surface area contributed by atoms with Crippen LogP contribution in [0.4, 0.5) is 13.2 Å². The van der Waals surface area contributed by atoms with Crippen molar-refractivity contribution in [2.75, 3.05) is 0 Å². The van der Waals surface area contributed by atoms with Gasteiger partial charge in [0, 0.05) is 0 Å². The van der Waals surface area contributed by atoms with Gasteiger partial charge in [-0.2, -0.15) is 13.2 Å². The normalized spacial score (nSPS) is 11.6. The van der Waals surface area contributed by atoms with Crippen LogP contribution in [0, 0.1) is 0 Å². The predicted octanol–water partition coefficient (Wildman–Crippen LogP) is 4.38. The van der Waals surface area contributed by atoms with Crippen LogP contribution >= 0.6 is 0 Å². The second-order valence-corrected chi connectivity index (χ2v) is 7.36. The molecule has 35 heavy (non-hydrogen) atoms. The molecule has 0 aliphatic rings. The van der Waals surface area contributed by atoms with Crippen LogP contribution in [0.25, 0.3) is 0 Å². The first kappa shape index (κ1) is 25.0. The van der Waals surface area contributed by atoms with Gasteiger partial charge in [0.15, 0.2) is 0 Å². The van der Waals surface area contributed by atoms with Crippen LogP contribution in [-0.2, 0) is 5.41 Å². The molecule has 0 aliphatic carbocycles. The molecule has 0 amide bonds. The third-order valence-electron chi connectivity index (χ3n) is 5.43. The quantitative estimate of drug-likeness (QED) is 0.358. The summed E-state index contributed by atoms with van der Waals surface area (Å²) in [7, 11) is 0. The fraction of sp³-hybridized carbons (Fsp3) is 0.0833. The van der Waals surface area contributed by atoms with Crippen molar-refractivity contribution in [3.63, 3.8) is 0 Å². The molecule has 4 N–H and O–H groups in total. The molecular formula is C24H15F3O8. The lowest BCUT2D eigenvalue weighted by Gasteiger charge is -2.39. The van der Waals surface area contributed by atoms with Gasteiger partial charge < -0.3 is 20.4 Å². The average Bonchev–Trinajstić information content (AvgIpc) is 2.79. The zero-order valence-electron chi connectivity index (χ0n) is 17.4. The van der Waals surface area contributed by atoms with Gasteiger partial charge in [0.05, 0.1) is 22.3 Å². The highest BCUT2D eigenvalue weighted by molar-refractivity contribution is 5.98. The Kier molecular flexibility index (Phi) is 6.37. The zero-order valence-corrected chi connectivity index (χ0v) is 17.4. The van der Waals surface area contributed by atoms with Gasteiger partial charge in [-0.1, -0.05) is 42.5 Å². The Balaban J connectivity index is 2.63. The van der Waals surface area contributed by atoms with Gasteiger partial charge in [-0.3, -0.25) is 0 Å². The highest BCUT2D eigenvalue weighted by Crippen LogP contribution is 2.53. The van der Waals surface area contributed by atoms with Gasteiger partial charge in [-0.25, -0.2) is 19.2 Å². The van der Waals surface area contributed by atoms with E-state index in [-0.39, 0.29) is 0 Å². The molecule has 3 aromatic carbocycles. The second-order valence-electron chi connectivity index (χ2n) is 7.36. The van der Waals surface area contributed by atoms with E-state index in [0.717, 1.165) is 24.3 Å². The molecule has 3 aromatic rings. The van der Waals surface area contributed by atoms with E-state index in [1.165, 1.54) is 18.2 Å². The van der Waals surface area contributed by atoms with Crippen molar-refractivity contribution in [1.82, 2.24) is 0 Å². The molecule has 0 atom stereocenters. The van der Waals surface area contributed by atoms with Crippen molar-refractivity contribution in [2.45, 2.75) is 11.6 Å². The maximum absolute atomic E-state index is 15.2. The summed E-state index contributed by atoms with van der Waals surface area (Å²) in [5.74, 6) is -6.94. The Morgan fingerprint density at radius 2 is 0.971 bits per heavy atom. The van der Waals surface area contributed by atoms with E-state index in [2.05, 4.69) is 0 Å². The molecule has 0 radical (unpaired) electrons. The van der Waals surface area contributed by atoms with Crippen molar-refractivity contribution in [3.8, 4) is 0 Å². The number of hydrogen-bond donors (Lipinski definition) is 4. The molecule has 3 rings (SSSR count). The third kappa shape index (κ3) is 4.19. The van der Waals surface area contributed by atoms with Crippen LogP contribution in [-0.4, -0.2) is 50.5 Å². The minimum atomic E-state index is -5.38. The average molecular weight is 488 g/mol. The van der Waals surface area contributed by atoms with Gasteiger partial charge >= 0.3 is 30.1 Å². The molecule has 0 aliphatic heterocycles. The Labute approximate surface area is 194 Å². The number of carboxylic acid groups (broad SMARTS) is 4. The van der Waals surface area contributed by atoms with Crippen LogP contribution in [0.5, 0.6) is 0 Å². The first-order valence-corrected chi connectivity index (χ1v) is 9.66. The topological polar surface area (TPSA) is 149 Å². The monoisotopic (exact) mass is 488 g/mol. The lowest BCUT2D eigenvalue weighted by atomic mass is 9.65. The third-order valence-corrected chi connectivity index (χ3v) is 5.43.